The average molecular weight is 312 g/mol. The summed E-state index contributed by atoms with van der Waals surface area (Å²) < 4.78 is 0. The highest BCUT2D eigenvalue weighted by Gasteiger charge is 2.59. The van der Waals surface area contributed by atoms with Crippen molar-refractivity contribution in [1.82, 2.24) is 0 Å². The molecule has 0 atom stereocenters. The number of hydrogen-bond acceptors (Lipinski definition) is 4. The Bertz CT molecular complexity index is 678. The lowest BCUT2D eigenvalue weighted by atomic mass is 9.58. The van der Waals surface area contributed by atoms with E-state index >= 15 is 0 Å². The normalized spacial score (nSPS) is 21.0. The molecule has 1 fully saturated rings. The highest BCUT2D eigenvalue weighted by atomic mass is 16.2. The van der Waals surface area contributed by atoms with Crippen LogP contribution in [-0.2, 0) is 19.2 Å². The third-order valence-electron chi connectivity index (χ3n) is 4.42. The van der Waals surface area contributed by atoms with Crippen molar-refractivity contribution in [3.8, 4) is 0 Å². The van der Waals surface area contributed by atoms with E-state index in [0.29, 0.717) is 0 Å². The molecule has 0 radical (unpaired) electrons. The number of ketones is 4. The molecule has 2 rings (SSSR count). The van der Waals surface area contributed by atoms with Gasteiger partial charge in [-0.1, -0.05) is 36.4 Å². The Morgan fingerprint density at radius 1 is 0.913 bits per heavy atom. The fourth-order valence-electron chi connectivity index (χ4n) is 2.94. The Morgan fingerprint density at radius 2 is 1.39 bits per heavy atom. The second kappa shape index (κ2) is 5.69. The molecule has 0 amide bonds. The first-order valence-corrected chi connectivity index (χ1v) is 7.50. The zero-order valence-corrected chi connectivity index (χ0v) is 13.8. The van der Waals surface area contributed by atoms with Crippen LogP contribution in [0.1, 0.15) is 33.3 Å². The van der Waals surface area contributed by atoms with E-state index in [0.717, 1.165) is 5.56 Å². The summed E-state index contributed by atoms with van der Waals surface area (Å²) in [7, 11) is 0. The first-order valence-electron chi connectivity index (χ1n) is 7.50. The van der Waals surface area contributed by atoms with Gasteiger partial charge in [-0.25, -0.2) is 0 Å². The van der Waals surface area contributed by atoms with Gasteiger partial charge in [0.25, 0.3) is 0 Å². The minimum Gasteiger partial charge on any atom is -0.297 e. The number of allylic oxidation sites excluding steroid dienone is 1. The number of benzene rings is 1. The number of carbonyl (C=O) groups is 4. The van der Waals surface area contributed by atoms with Gasteiger partial charge in [0.15, 0.2) is 23.1 Å². The van der Waals surface area contributed by atoms with Crippen LogP contribution in [0.2, 0.25) is 0 Å². The highest BCUT2D eigenvalue weighted by Crippen LogP contribution is 2.41. The SMILES string of the molecule is CC1(C)C(=O)C(C(=O)C=Cc2ccccc2)C(=O)C(C)(C)C1=O. The van der Waals surface area contributed by atoms with Crippen LogP contribution < -0.4 is 0 Å². The molecule has 1 aliphatic rings. The van der Waals surface area contributed by atoms with Gasteiger partial charge in [0.2, 0.25) is 0 Å². The van der Waals surface area contributed by atoms with E-state index in [1.807, 2.05) is 30.3 Å². The molecule has 120 valence electrons. The van der Waals surface area contributed by atoms with E-state index in [1.165, 1.54) is 33.8 Å². The Labute approximate surface area is 135 Å². The molecule has 1 aliphatic carbocycles. The van der Waals surface area contributed by atoms with E-state index in [4.69, 9.17) is 0 Å². The zero-order valence-electron chi connectivity index (χ0n) is 13.8. The summed E-state index contributed by atoms with van der Waals surface area (Å²) in [6.45, 7) is 5.92. The summed E-state index contributed by atoms with van der Waals surface area (Å²) >= 11 is 0. The smallest absolute Gasteiger partial charge is 0.173 e. The summed E-state index contributed by atoms with van der Waals surface area (Å²) in [5.41, 5.74) is -1.87. The molecule has 0 N–H and O–H groups in total. The van der Waals surface area contributed by atoms with Crippen LogP contribution in [0.3, 0.4) is 0 Å². The van der Waals surface area contributed by atoms with Crippen molar-refractivity contribution in [2.45, 2.75) is 27.7 Å². The fourth-order valence-corrected chi connectivity index (χ4v) is 2.94. The lowest BCUT2D eigenvalue weighted by molar-refractivity contribution is -0.161. The molecule has 0 saturated heterocycles. The molecular formula is C19H20O4. The van der Waals surface area contributed by atoms with Gasteiger partial charge in [-0.3, -0.25) is 19.2 Å². The molecular weight excluding hydrogens is 292 g/mol. The van der Waals surface area contributed by atoms with Gasteiger partial charge in [-0.2, -0.15) is 0 Å². The number of hydrogen-bond donors (Lipinski definition) is 0. The molecule has 0 bridgehead atoms. The summed E-state index contributed by atoms with van der Waals surface area (Å²) in [5, 5.41) is 0. The van der Waals surface area contributed by atoms with E-state index in [2.05, 4.69) is 0 Å². The first-order chi connectivity index (χ1) is 10.6. The maximum atomic E-state index is 12.5. The molecule has 0 aromatic heterocycles. The minimum atomic E-state index is -1.40. The third-order valence-corrected chi connectivity index (χ3v) is 4.42. The Hall–Kier alpha value is -2.36. The molecule has 0 spiro atoms. The van der Waals surface area contributed by atoms with E-state index in [9.17, 15) is 19.2 Å². The minimum absolute atomic E-state index is 0.434. The van der Waals surface area contributed by atoms with Crippen LogP contribution in [0.25, 0.3) is 6.08 Å². The van der Waals surface area contributed by atoms with Gasteiger partial charge >= 0.3 is 0 Å². The lowest BCUT2D eigenvalue weighted by Gasteiger charge is -2.39. The van der Waals surface area contributed by atoms with Crippen molar-refractivity contribution in [2.75, 3.05) is 0 Å². The molecule has 0 unspecified atom stereocenters. The first kappa shape index (κ1) is 17.0. The average Bonchev–Trinajstić information content (AvgIpc) is 2.51. The predicted molar refractivity (Wildman–Crippen MR) is 86.6 cm³/mol. The van der Waals surface area contributed by atoms with Crippen LogP contribution in [0, 0.1) is 16.7 Å². The van der Waals surface area contributed by atoms with Gasteiger partial charge in [-0.05, 0) is 39.3 Å². The highest BCUT2D eigenvalue weighted by molar-refractivity contribution is 6.36. The van der Waals surface area contributed by atoms with Gasteiger partial charge < -0.3 is 0 Å². The van der Waals surface area contributed by atoms with E-state index in [-0.39, 0.29) is 0 Å². The van der Waals surface area contributed by atoms with Gasteiger partial charge in [0.1, 0.15) is 5.92 Å². The second-order valence-corrected chi connectivity index (χ2v) is 6.89. The van der Waals surface area contributed by atoms with Gasteiger partial charge in [0.05, 0.1) is 10.8 Å². The Morgan fingerprint density at radius 3 is 1.87 bits per heavy atom. The van der Waals surface area contributed by atoms with Crippen molar-refractivity contribution in [2.24, 2.45) is 16.7 Å². The largest absolute Gasteiger partial charge is 0.297 e. The van der Waals surface area contributed by atoms with E-state index < -0.39 is 39.9 Å². The van der Waals surface area contributed by atoms with Gasteiger partial charge in [-0.15, -0.1) is 0 Å². The third kappa shape index (κ3) is 2.81. The maximum absolute atomic E-state index is 12.5. The summed E-state index contributed by atoms with van der Waals surface area (Å²) in [5.74, 6) is -3.64. The molecule has 23 heavy (non-hydrogen) atoms. The molecule has 4 nitrogen and oxygen atoms in total. The van der Waals surface area contributed by atoms with Crippen molar-refractivity contribution >= 4 is 29.2 Å². The maximum Gasteiger partial charge on any atom is 0.173 e. The second-order valence-electron chi connectivity index (χ2n) is 6.89. The zero-order chi connectivity index (χ0) is 17.4. The lowest BCUT2D eigenvalue weighted by Crippen LogP contribution is -2.59. The van der Waals surface area contributed by atoms with Crippen LogP contribution in [0.4, 0.5) is 0 Å². The van der Waals surface area contributed by atoms with Crippen molar-refractivity contribution < 1.29 is 19.2 Å². The molecule has 1 saturated carbocycles. The van der Waals surface area contributed by atoms with Crippen LogP contribution in [-0.4, -0.2) is 23.1 Å². The molecule has 0 heterocycles. The van der Waals surface area contributed by atoms with E-state index in [1.54, 1.807) is 6.08 Å². The Kier molecular flexibility index (Phi) is 4.20. The van der Waals surface area contributed by atoms with Crippen LogP contribution >= 0.6 is 0 Å². The summed E-state index contributed by atoms with van der Waals surface area (Å²) in [4.78, 5) is 49.8. The quantitative estimate of drug-likeness (QED) is 0.635. The van der Waals surface area contributed by atoms with Gasteiger partial charge in [0, 0.05) is 0 Å². The number of Topliss-reactive ketones (excluding diaryl/α,β-unsaturated/α-hetero) is 3. The van der Waals surface area contributed by atoms with Crippen LogP contribution in [0.15, 0.2) is 36.4 Å². The molecule has 4 heteroatoms. The standard InChI is InChI=1S/C19H20O4/c1-18(2)15(21)14(16(22)19(3,4)17(18)23)13(20)11-10-12-8-6-5-7-9-12/h5-11,14H,1-4H3. The topological polar surface area (TPSA) is 68.3 Å². The van der Waals surface area contributed by atoms with Crippen LogP contribution in [0.5, 0.6) is 0 Å². The van der Waals surface area contributed by atoms with Crippen molar-refractivity contribution in [3.63, 3.8) is 0 Å². The van der Waals surface area contributed by atoms with Crippen molar-refractivity contribution in [1.29, 1.82) is 0 Å². The number of carbonyl (C=O) groups excluding carboxylic acids is 4. The molecule has 0 aliphatic heterocycles. The summed E-state index contributed by atoms with van der Waals surface area (Å²) in [6.07, 6.45) is 2.82. The predicted octanol–water partition coefficient (Wildman–Crippen LogP) is 2.66. The molecule has 1 aromatic rings. The van der Waals surface area contributed by atoms with Crippen molar-refractivity contribution in [3.05, 3.63) is 42.0 Å². The fraction of sp³-hybridized carbons (Fsp3) is 0.368. The summed E-state index contributed by atoms with van der Waals surface area (Å²) in [6, 6.07) is 9.12. The Balaban J connectivity index is 2.35. The molecule has 1 aromatic carbocycles. The number of rotatable bonds is 3. The monoisotopic (exact) mass is 312 g/mol.